The fraction of sp³-hybridized carbons (Fsp3) is 0.462. The van der Waals surface area contributed by atoms with E-state index in [1.165, 1.54) is 0 Å². The van der Waals surface area contributed by atoms with Crippen molar-refractivity contribution >= 4 is 5.69 Å². The molecule has 0 aliphatic rings. The maximum absolute atomic E-state index is 3.97. The fourth-order valence-electron chi connectivity index (χ4n) is 1.63. The Balaban J connectivity index is 2.23. The Labute approximate surface area is 107 Å². The van der Waals surface area contributed by atoms with Gasteiger partial charge < -0.3 is 5.32 Å². The van der Waals surface area contributed by atoms with E-state index in [1.807, 2.05) is 19.1 Å². The Kier molecular flexibility index (Phi) is 3.60. The summed E-state index contributed by atoms with van der Waals surface area (Å²) < 4.78 is 1.73. The SMILES string of the molecule is Cc1nnnn1-c1cccc(NC(C)C(C)C)c1. The predicted molar refractivity (Wildman–Crippen MR) is 71.8 cm³/mol. The van der Waals surface area contributed by atoms with Crippen molar-refractivity contribution in [3.8, 4) is 5.69 Å². The molecule has 18 heavy (non-hydrogen) atoms. The number of hydrogen-bond donors (Lipinski definition) is 1. The average Bonchev–Trinajstić information content (AvgIpc) is 2.75. The van der Waals surface area contributed by atoms with Crippen LogP contribution >= 0.6 is 0 Å². The molecule has 1 N–H and O–H groups in total. The van der Waals surface area contributed by atoms with Crippen molar-refractivity contribution in [3.05, 3.63) is 30.1 Å². The molecule has 5 heteroatoms. The van der Waals surface area contributed by atoms with Crippen LogP contribution in [-0.2, 0) is 0 Å². The Hall–Kier alpha value is -1.91. The lowest BCUT2D eigenvalue weighted by Crippen LogP contribution is -2.21. The summed E-state index contributed by atoms with van der Waals surface area (Å²) >= 11 is 0. The standard InChI is InChI=1S/C13H19N5/c1-9(2)10(3)14-12-6-5-7-13(8-12)18-11(4)15-16-17-18/h5-10,14H,1-4H3. The molecule has 2 rings (SSSR count). The van der Waals surface area contributed by atoms with Crippen LogP contribution in [0.2, 0.25) is 0 Å². The molecule has 0 saturated heterocycles. The van der Waals surface area contributed by atoms with Crippen LogP contribution in [0.15, 0.2) is 24.3 Å². The van der Waals surface area contributed by atoms with Crippen LogP contribution in [0, 0.1) is 12.8 Å². The van der Waals surface area contributed by atoms with Crippen LogP contribution in [0.3, 0.4) is 0 Å². The second-order valence-corrected chi connectivity index (χ2v) is 4.87. The van der Waals surface area contributed by atoms with E-state index in [0.29, 0.717) is 12.0 Å². The fourth-order valence-corrected chi connectivity index (χ4v) is 1.63. The molecule has 0 spiro atoms. The molecule has 2 aromatic rings. The van der Waals surface area contributed by atoms with E-state index < -0.39 is 0 Å². The summed E-state index contributed by atoms with van der Waals surface area (Å²) in [6.45, 7) is 8.47. The molecule has 1 heterocycles. The van der Waals surface area contributed by atoms with Crippen LogP contribution in [0.4, 0.5) is 5.69 Å². The summed E-state index contributed by atoms with van der Waals surface area (Å²) in [4.78, 5) is 0. The van der Waals surface area contributed by atoms with Crippen LogP contribution in [0.5, 0.6) is 0 Å². The summed E-state index contributed by atoms with van der Waals surface area (Å²) in [5.41, 5.74) is 2.06. The smallest absolute Gasteiger partial charge is 0.153 e. The maximum Gasteiger partial charge on any atom is 0.153 e. The van der Waals surface area contributed by atoms with Gasteiger partial charge in [0.05, 0.1) is 5.69 Å². The Morgan fingerprint density at radius 1 is 1.22 bits per heavy atom. The van der Waals surface area contributed by atoms with Crippen LogP contribution in [0.25, 0.3) is 5.69 Å². The van der Waals surface area contributed by atoms with Gasteiger partial charge in [-0.15, -0.1) is 5.10 Å². The number of tetrazole rings is 1. The topological polar surface area (TPSA) is 55.6 Å². The van der Waals surface area contributed by atoms with E-state index in [-0.39, 0.29) is 0 Å². The van der Waals surface area contributed by atoms with Crippen molar-refractivity contribution in [2.24, 2.45) is 5.92 Å². The molecule has 0 saturated carbocycles. The Bertz CT molecular complexity index is 518. The van der Waals surface area contributed by atoms with Crippen molar-refractivity contribution < 1.29 is 0 Å². The van der Waals surface area contributed by atoms with E-state index in [0.717, 1.165) is 17.2 Å². The molecule has 96 valence electrons. The zero-order valence-corrected chi connectivity index (χ0v) is 11.3. The highest BCUT2D eigenvalue weighted by Gasteiger charge is 2.08. The van der Waals surface area contributed by atoms with Gasteiger partial charge >= 0.3 is 0 Å². The van der Waals surface area contributed by atoms with Crippen molar-refractivity contribution in [2.75, 3.05) is 5.32 Å². The number of rotatable bonds is 4. The van der Waals surface area contributed by atoms with Gasteiger partial charge in [0.25, 0.3) is 0 Å². The maximum atomic E-state index is 3.97. The second-order valence-electron chi connectivity index (χ2n) is 4.87. The minimum Gasteiger partial charge on any atom is -0.382 e. The van der Waals surface area contributed by atoms with Gasteiger partial charge in [-0.05, 0) is 48.4 Å². The van der Waals surface area contributed by atoms with Gasteiger partial charge in [-0.2, -0.15) is 4.68 Å². The first kappa shape index (κ1) is 12.5. The average molecular weight is 245 g/mol. The van der Waals surface area contributed by atoms with E-state index in [1.54, 1.807) is 4.68 Å². The number of hydrogen-bond acceptors (Lipinski definition) is 4. The largest absolute Gasteiger partial charge is 0.382 e. The number of aryl methyl sites for hydroxylation is 1. The monoisotopic (exact) mass is 245 g/mol. The van der Waals surface area contributed by atoms with Crippen molar-refractivity contribution in [1.82, 2.24) is 20.2 Å². The molecular formula is C13H19N5. The molecule has 0 fully saturated rings. The molecular weight excluding hydrogens is 226 g/mol. The summed E-state index contributed by atoms with van der Waals surface area (Å²) in [5.74, 6) is 1.37. The van der Waals surface area contributed by atoms with Gasteiger partial charge in [-0.1, -0.05) is 19.9 Å². The van der Waals surface area contributed by atoms with Gasteiger partial charge in [-0.3, -0.25) is 0 Å². The Morgan fingerprint density at radius 3 is 2.61 bits per heavy atom. The predicted octanol–water partition coefficient (Wildman–Crippen LogP) is 2.43. The lowest BCUT2D eigenvalue weighted by Gasteiger charge is -2.19. The molecule has 5 nitrogen and oxygen atoms in total. The summed E-state index contributed by atoms with van der Waals surface area (Å²) in [7, 11) is 0. The molecule has 1 atom stereocenters. The highest BCUT2D eigenvalue weighted by atomic mass is 15.5. The second kappa shape index (κ2) is 5.16. The number of anilines is 1. The molecule has 0 bridgehead atoms. The number of nitrogens with one attached hydrogen (secondary N) is 1. The summed E-state index contributed by atoms with van der Waals surface area (Å²) in [6.07, 6.45) is 0. The third kappa shape index (κ3) is 2.67. The summed E-state index contributed by atoms with van der Waals surface area (Å²) in [6, 6.07) is 8.54. The quantitative estimate of drug-likeness (QED) is 0.898. The zero-order chi connectivity index (χ0) is 13.1. The number of benzene rings is 1. The molecule has 0 aliphatic carbocycles. The van der Waals surface area contributed by atoms with Gasteiger partial charge in [-0.25, -0.2) is 0 Å². The molecule has 1 aromatic carbocycles. The third-order valence-corrected chi connectivity index (χ3v) is 3.11. The minimum absolute atomic E-state index is 0.426. The van der Waals surface area contributed by atoms with Crippen molar-refractivity contribution in [3.63, 3.8) is 0 Å². The molecule has 0 aliphatic heterocycles. The van der Waals surface area contributed by atoms with Crippen LogP contribution in [0.1, 0.15) is 26.6 Å². The third-order valence-electron chi connectivity index (χ3n) is 3.11. The van der Waals surface area contributed by atoms with Gasteiger partial charge in [0.2, 0.25) is 0 Å². The molecule has 0 radical (unpaired) electrons. The van der Waals surface area contributed by atoms with Crippen molar-refractivity contribution in [1.29, 1.82) is 0 Å². The first-order chi connectivity index (χ1) is 8.58. The van der Waals surface area contributed by atoms with Crippen LogP contribution < -0.4 is 5.32 Å². The summed E-state index contributed by atoms with van der Waals surface area (Å²) in [5, 5.41) is 15.0. The lowest BCUT2D eigenvalue weighted by atomic mass is 10.1. The van der Waals surface area contributed by atoms with Crippen molar-refractivity contribution in [2.45, 2.75) is 33.7 Å². The highest BCUT2D eigenvalue weighted by Crippen LogP contribution is 2.17. The van der Waals surface area contributed by atoms with E-state index in [2.05, 4.69) is 53.7 Å². The Morgan fingerprint density at radius 2 is 2.00 bits per heavy atom. The molecule has 1 aromatic heterocycles. The molecule has 1 unspecified atom stereocenters. The number of nitrogens with zero attached hydrogens (tertiary/aromatic N) is 4. The van der Waals surface area contributed by atoms with Gasteiger partial charge in [0, 0.05) is 11.7 Å². The lowest BCUT2D eigenvalue weighted by molar-refractivity contribution is 0.560. The first-order valence-corrected chi connectivity index (χ1v) is 6.20. The first-order valence-electron chi connectivity index (χ1n) is 6.20. The van der Waals surface area contributed by atoms with E-state index in [4.69, 9.17) is 0 Å². The van der Waals surface area contributed by atoms with E-state index >= 15 is 0 Å². The van der Waals surface area contributed by atoms with Gasteiger partial charge in [0.15, 0.2) is 5.82 Å². The van der Waals surface area contributed by atoms with Gasteiger partial charge in [0.1, 0.15) is 0 Å². The minimum atomic E-state index is 0.426. The highest BCUT2D eigenvalue weighted by molar-refractivity contribution is 5.51. The van der Waals surface area contributed by atoms with Crippen LogP contribution in [-0.4, -0.2) is 26.2 Å². The zero-order valence-electron chi connectivity index (χ0n) is 11.3. The molecule has 0 amide bonds. The van der Waals surface area contributed by atoms with E-state index in [9.17, 15) is 0 Å². The number of aromatic nitrogens is 4. The normalized spacial score (nSPS) is 12.7.